The first kappa shape index (κ1) is 20.5. The Hall–Kier alpha value is -3.81. The maximum atomic E-state index is 12.8. The highest BCUT2D eigenvalue weighted by Crippen LogP contribution is 2.48. The monoisotopic (exact) mass is 422 g/mol. The van der Waals surface area contributed by atoms with Gasteiger partial charge in [-0.25, -0.2) is 0 Å². The highest BCUT2D eigenvalue weighted by atomic mass is 16.5. The SMILES string of the molecule is COC(=O)C1(C(=O)Nc2ccccc2Oc2ccnc3cc(OC)c(OC)cc23)CC1. The largest absolute Gasteiger partial charge is 0.493 e. The lowest BCUT2D eigenvalue weighted by Gasteiger charge is -2.17. The molecule has 0 aliphatic heterocycles. The fourth-order valence-corrected chi connectivity index (χ4v) is 3.40. The molecular formula is C23H22N2O6. The van der Waals surface area contributed by atoms with Crippen LogP contribution in [0, 0.1) is 5.41 Å². The number of aromatic nitrogens is 1. The first-order valence-corrected chi connectivity index (χ1v) is 9.70. The van der Waals surface area contributed by atoms with Crippen LogP contribution >= 0.6 is 0 Å². The molecule has 8 nitrogen and oxygen atoms in total. The first-order valence-electron chi connectivity index (χ1n) is 9.70. The number of methoxy groups -OCH3 is 3. The van der Waals surface area contributed by atoms with Gasteiger partial charge in [-0.1, -0.05) is 12.1 Å². The molecule has 1 aliphatic carbocycles. The van der Waals surface area contributed by atoms with E-state index in [0.717, 1.165) is 5.39 Å². The van der Waals surface area contributed by atoms with Gasteiger partial charge < -0.3 is 24.3 Å². The molecule has 2 aromatic carbocycles. The lowest BCUT2D eigenvalue weighted by Crippen LogP contribution is -2.32. The Bertz CT molecular complexity index is 1160. The third kappa shape index (κ3) is 3.72. The van der Waals surface area contributed by atoms with Crippen molar-refractivity contribution in [2.45, 2.75) is 12.8 Å². The molecule has 0 bridgehead atoms. The normalized spacial score (nSPS) is 13.9. The van der Waals surface area contributed by atoms with E-state index in [1.54, 1.807) is 62.9 Å². The minimum atomic E-state index is -1.12. The summed E-state index contributed by atoms with van der Waals surface area (Å²) in [4.78, 5) is 29.2. The summed E-state index contributed by atoms with van der Waals surface area (Å²) in [5.41, 5.74) is 0.00204. The molecule has 1 aromatic heterocycles. The number of nitrogens with zero attached hydrogens (tertiary/aromatic N) is 1. The van der Waals surface area contributed by atoms with Gasteiger partial charge >= 0.3 is 5.97 Å². The van der Waals surface area contributed by atoms with Crippen molar-refractivity contribution in [1.29, 1.82) is 0 Å². The van der Waals surface area contributed by atoms with E-state index in [2.05, 4.69) is 10.3 Å². The summed E-state index contributed by atoms with van der Waals surface area (Å²) in [6.07, 6.45) is 2.55. The number of anilines is 1. The van der Waals surface area contributed by atoms with Gasteiger partial charge in [0.05, 0.1) is 32.5 Å². The summed E-state index contributed by atoms with van der Waals surface area (Å²) in [6.45, 7) is 0. The minimum Gasteiger partial charge on any atom is -0.493 e. The van der Waals surface area contributed by atoms with Gasteiger partial charge in [0.1, 0.15) is 11.2 Å². The highest BCUT2D eigenvalue weighted by molar-refractivity contribution is 6.11. The van der Waals surface area contributed by atoms with Gasteiger partial charge in [-0.3, -0.25) is 14.6 Å². The Morgan fingerprint density at radius 3 is 2.32 bits per heavy atom. The van der Waals surface area contributed by atoms with Gasteiger partial charge in [-0.2, -0.15) is 0 Å². The standard InChI is InChI=1S/C23H22N2O6/c1-28-19-12-14-16(13-20(19)29-2)24-11-8-17(14)31-18-7-5-4-6-15(18)25-21(26)23(9-10-23)22(27)30-3/h4-8,11-13H,9-10H2,1-3H3,(H,25,26). The molecule has 1 fully saturated rings. The molecule has 8 heteroatoms. The Kier molecular flexibility index (Phi) is 5.37. The van der Waals surface area contributed by atoms with E-state index in [4.69, 9.17) is 18.9 Å². The van der Waals surface area contributed by atoms with Crippen LogP contribution in [0.15, 0.2) is 48.7 Å². The molecule has 3 aromatic rings. The molecule has 1 saturated carbocycles. The predicted octanol–water partition coefficient (Wildman–Crippen LogP) is 3.94. The highest BCUT2D eigenvalue weighted by Gasteiger charge is 2.57. The van der Waals surface area contributed by atoms with Crippen molar-refractivity contribution in [3.05, 3.63) is 48.7 Å². The lowest BCUT2D eigenvalue weighted by molar-refractivity contribution is -0.150. The third-order valence-electron chi connectivity index (χ3n) is 5.32. The van der Waals surface area contributed by atoms with Crippen LogP contribution in [0.25, 0.3) is 10.9 Å². The maximum Gasteiger partial charge on any atom is 0.321 e. The van der Waals surface area contributed by atoms with Crippen LogP contribution in [0.1, 0.15) is 12.8 Å². The molecule has 31 heavy (non-hydrogen) atoms. The summed E-state index contributed by atoms with van der Waals surface area (Å²) in [5, 5.41) is 3.53. The number of rotatable bonds is 7. The summed E-state index contributed by atoms with van der Waals surface area (Å²) in [5.74, 6) is 1.14. The van der Waals surface area contributed by atoms with Gasteiger partial charge in [0.15, 0.2) is 17.2 Å². The van der Waals surface area contributed by atoms with Gasteiger partial charge in [0.2, 0.25) is 5.91 Å². The zero-order valence-corrected chi connectivity index (χ0v) is 17.4. The number of nitrogens with one attached hydrogen (secondary N) is 1. The molecular weight excluding hydrogens is 400 g/mol. The number of carbonyl (C=O) groups is 2. The van der Waals surface area contributed by atoms with Crippen LogP contribution in [0.2, 0.25) is 0 Å². The Labute approximate surface area is 179 Å². The molecule has 1 amide bonds. The second-order valence-corrected chi connectivity index (χ2v) is 7.16. The first-order chi connectivity index (χ1) is 15.0. The molecule has 0 atom stereocenters. The molecule has 160 valence electrons. The van der Waals surface area contributed by atoms with Gasteiger partial charge in [-0.05, 0) is 37.1 Å². The van der Waals surface area contributed by atoms with Crippen LogP contribution < -0.4 is 19.5 Å². The third-order valence-corrected chi connectivity index (χ3v) is 5.32. The van der Waals surface area contributed by atoms with Crippen LogP contribution in [0.3, 0.4) is 0 Å². The van der Waals surface area contributed by atoms with Crippen LogP contribution in [-0.2, 0) is 14.3 Å². The van der Waals surface area contributed by atoms with Crippen molar-refractivity contribution in [3.8, 4) is 23.0 Å². The number of benzene rings is 2. The van der Waals surface area contributed by atoms with Crippen LogP contribution in [0.4, 0.5) is 5.69 Å². The second kappa shape index (κ2) is 8.14. The average Bonchev–Trinajstić information content (AvgIpc) is 3.61. The minimum absolute atomic E-state index is 0.401. The van der Waals surface area contributed by atoms with Gasteiger partial charge in [0, 0.05) is 17.6 Å². The Balaban J connectivity index is 1.66. The summed E-state index contributed by atoms with van der Waals surface area (Å²) < 4.78 is 21.7. The van der Waals surface area contributed by atoms with E-state index in [1.807, 2.05) is 0 Å². The quantitative estimate of drug-likeness (QED) is 0.455. The summed E-state index contributed by atoms with van der Waals surface area (Å²) in [6, 6.07) is 12.3. The van der Waals surface area contributed by atoms with E-state index >= 15 is 0 Å². The number of esters is 1. The molecule has 0 spiro atoms. The van der Waals surface area contributed by atoms with Crippen molar-refractivity contribution >= 4 is 28.5 Å². The molecule has 0 radical (unpaired) electrons. The van der Waals surface area contributed by atoms with E-state index < -0.39 is 17.3 Å². The van der Waals surface area contributed by atoms with Gasteiger partial charge in [0.25, 0.3) is 0 Å². The maximum absolute atomic E-state index is 12.8. The average molecular weight is 422 g/mol. The van der Waals surface area contributed by atoms with Crippen LogP contribution in [0.5, 0.6) is 23.0 Å². The van der Waals surface area contributed by atoms with Gasteiger partial charge in [-0.15, -0.1) is 0 Å². The van der Waals surface area contributed by atoms with Crippen molar-refractivity contribution < 1.29 is 28.5 Å². The number of ether oxygens (including phenoxy) is 4. The molecule has 0 unspecified atom stereocenters. The molecule has 0 saturated heterocycles. The van der Waals surface area contributed by atoms with E-state index in [9.17, 15) is 9.59 Å². The number of hydrogen-bond acceptors (Lipinski definition) is 7. The van der Waals surface area contributed by atoms with Crippen LogP contribution in [-0.4, -0.2) is 38.2 Å². The number of para-hydroxylation sites is 2. The Morgan fingerprint density at radius 2 is 1.65 bits per heavy atom. The second-order valence-electron chi connectivity index (χ2n) is 7.16. The number of fused-ring (bicyclic) bond motifs is 1. The number of hydrogen-bond donors (Lipinski definition) is 1. The number of amides is 1. The number of carbonyl (C=O) groups excluding carboxylic acids is 2. The van der Waals surface area contributed by atoms with E-state index in [-0.39, 0.29) is 0 Å². The molecule has 1 aliphatic rings. The Morgan fingerprint density at radius 1 is 0.935 bits per heavy atom. The molecule has 1 N–H and O–H groups in total. The van der Waals surface area contributed by atoms with Crippen molar-refractivity contribution in [2.24, 2.45) is 5.41 Å². The molecule has 4 rings (SSSR count). The lowest BCUT2D eigenvalue weighted by atomic mass is 10.1. The van der Waals surface area contributed by atoms with E-state index in [0.29, 0.717) is 47.0 Å². The number of pyridine rings is 1. The fraction of sp³-hybridized carbons (Fsp3) is 0.261. The molecule has 1 heterocycles. The van der Waals surface area contributed by atoms with Crippen molar-refractivity contribution in [2.75, 3.05) is 26.6 Å². The summed E-state index contributed by atoms with van der Waals surface area (Å²) >= 11 is 0. The predicted molar refractivity (Wildman–Crippen MR) is 114 cm³/mol. The zero-order valence-electron chi connectivity index (χ0n) is 17.4. The topological polar surface area (TPSA) is 96.0 Å². The zero-order chi connectivity index (χ0) is 22.0. The van der Waals surface area contributed by atoms with E-state index in [1.165, 1.54) is 7.11 Å². The fourth-order valence-electron chi connectivity index (χ4n) is 3.40. The summed E-state index contributed by atoms with van der Waals surface area (Å²) in [7, 11) is 4.40. The van der Waals surface area contributed by atoms with Crippen molar-refractivity contribution in [1.82, 2.24) is 4.98 Å². The smallest absolute Gasteiger partial charge is 0.321 e. The van der Waals surface area contributed by atoms with Crippen molar-refractivity contribution in [3.63, 3.8) is 0 Å².